The van der Waals surface area contributed by atoms with Crippen LogP contribution in [0.1, 0.15) is 10.4 Å². The first kappa shape index (κ1) is 14.6. The Morgan fingerprint density at radius 3 is 2.62 bits per heavy atom. The number of carbonyl (C=O) groups is 1. The fourth-order valence-electron chi connectivity index (χ4n) is 1.81. The number of ether oxygens (including phenoxy) is 1. The smallest absolute Gasteiger partial charge is 0.280 e. The summed E-state index contributed by atoms with van der Waals surface area (Å²) >= 11 is 0. The molecule has 5 N–H and O–H groups in total. The summed E-state index contributed by atoms with van der Waals surface area (Å²) in [6, 6.07) is 8.52. The van der Waals surface area contributed by atoms with Gasteiger partial charge in [0.1, 0.15) is 12.4 Å². The molecule has 7 heteroatoms. The first-order valence-corrected chi connectivity index (χ1v) is 6.27. The zero-order valence-corrected chi connectivity index (χ0v) is 11.3. The van der Waals surface area contributed by atoms with Crippen LogP contribution in [0.3, 0.4) is 0 Å². The van der Waals surface area contributed by atoms with E-state index in [4.69, 9.17) is 21.3 Å². The van der Waals surface area contributed by atoms with Crippen molar-refractivity contribution >= 4 is 11.9 Å². The lowest BCUT2D eigenvalue weighted by Crippen LogP contribution is -2.24. The number of guanidine groups is 1. The first-order valence-electron chi connectivity index (χ1n) is 6.27. The lowest BCUT2D eigenvalue weighted by molar-refractivity contribution is 0.100. The van der Waals surface area contributed by atoms with Gasteiger partial charge in [-0.25, -0.2) is 0 Å². The third-order valence-corrected chi connectivity index (χ3v) is 2.67. The van der Waals surface area contributed by atoms with Crippen molar-refractivity contribution in [3.8, 4) is 11.4 Å². The van der Waals surface area contributed by atoms with Crippen LogP contribution in [0, 0.1) is 0 Å². The van der Waals surface area contributed by atoms with Crippen molar-refractivity contribution in [2.75, 3.05) is 13.2 Å². The van der Waals surface area contributed by atoms with Crippen molar-refractivity contribution in [1.82, 2.24) is 4.57 Å². The molecule has 0 fully saturated rings. The van der Waals surface area contributed by atoms with Gasteiger partial charge in [-0.3, -0.25) is 4.79 Å². The molecule has 0 aliphatic heterocycles. The number of aliphatic hydroxyl groups excluding tert-OH is 1. The van der Waals surface area contributed by atoms with Crippen molar-refractivity contribution in [3.05, 3.63) is 48.3 Å². The second-order valence-electron chi connectivity index (χ2n) is 4.19. The third kappa shape index (κ3) is 3.61. The molecule has 2 aromatic rings. The van der Waals surface area contributed by atoms with Crippen LogP contribution in [0.5, 0.6) is 5.75 Å². The average Bonchev–Trinajstić information content (AvgIpc) is 2.98. The van der Waals surface area contributed by atoms with E-state index in [9.17, 15) is 4.79 Å². The average molecular weight is 288 g/mol. The summed E-state index contributed by atoms with van der Waals surface area (Å²) in [6.45, 7) is 0.0647. The van der Waals surface area contributed by atoms with Crippen LogP contribution in [-0.2, 0) is 0 Å². The molecule has 0 spiro atoms. The molecule has 21 heavy (non-hydrogen) atoms. The zero-order chi connectivity index (χ0) is 15.2. The van der Waals surface area contributed by atoms with Crippen molar-refractivity contribution in [3.63, 3.8) is 0 Å². The van der Waals surface area contributed by atoms with Crippen molar-refractivity contribution in [2.24, 2.45) is 16.5 Å². The molecule has 0 saturated carbocycles. The van der Waals surface area contributed by atoms with Gasteiger partial charge in [0, 0.05) is 18.0 Å². The number of aliphatic imine (C=N–C) groups is 1. The number of hydrogen-bond donors (Lipinski definition) is 3. The molecule has 0 bridgehead atoms. The third-order valence-electron chi connectivity index (χ3n) is 2.67. The number of aromatic nitrogens is 1. The highest BCUT2D eigenvalue weighted by Crippen LogP contribution is 2.25. The van der Waals surface area contributed by atoms with Gasteiger partial charge in [-0.15, -0.1) is 0 Å². The van der Waals surface area contributed by atoms with Crippen molar-refractivity contribution < 1.29 is 14.6 Å². The number of benzene rings is 1. The van der Waals surface area contributed by atoms with Crippen LogP contribution in [0.25, 0.3) is 5.69 Å². The number of amides is 1. The second-order valence-corrected chi connectivity index (χ2v) is 4.19. The minimum Gasteiger partial charge on any atom is -0.489 e. The standard InChI is InChI=1S/C14H16N4O3/c15-14(16)17-13(20)10-3-4-12(21-8-7-19)11(9-10)18-5-1-2-6-18/h1-6,9,19H,7-8H2,(H4,15,16,17,20). The Balaban J connectivity index is 2.42. The van der Waals surface area contributed by atoms with E-state index in [2.05, 4.69) is 4.99 Å². The largest absolute Gasteiger partial charge is 0.489 e. The number of nitrogens with two attached hydrogens (primary N) is 2. The Labute approximate surface area is 121 Å². The Hall–Kier alpha value is -2.80. The molecule has 1 aromatic carbocycles. The van der Waals surface area contributed by atoms with E-state index in [0.717, 1.165) is 0 Å². The van der Waals surface area contributed by atoms with Gasteiger partial charge in [0.15, 0.2) is 5.96 Å². The highest BCUT2D eigenvalue weighted by molar-refractivity contribution is 6.02. The van der Waals surface area contributed by atoms with Crippen LogP contribution < -0.4 is 16.2 Å². The Bertz CT molecular complexity index is 646. The number of rotatable bonds is 5. The van der Waals surface area contributed by atoms with Crippen molar-refractivity contribution in [2.45, 2.75) is 0 Å². The molecule has 0 saturated heterocycles. The van der Waals surface area contributed by atoms with Crippen LogP contribution in [0.4, 0.5) is 0 Å². The van der Waals surface area contributed by atoms with Crippen LogP contribution in [0.15, 0.2) is 47.7 Å². The molecule has 0 aliphatic carbocycles. The first-order chi connectivity index (χ1) is 10.1. The van der Waals surface area contributed by atoms with Crippen LogP contribution >= 0.6 is 0 Å². The predicted molar refractivity (Wildman–Crippen MR) is 78.5 cm³/mol. The summed E-state index contributed by atoms with van der Waals surface area (Å²) in [5.41, 5.74) is 11.4. The normalized spacial score (nSPS) is 10.1. The lowest BCUT2D eigenvalue weighted by Gasteiger charge is -2.12. The molecular formula is C14H16N4O3. The number of nitrogens with zero attached hydrogens (tertiary/aromatic N) is 2. The fraction of sp³-hybridized carbons (Fsp3) is 0.143. The van der Waals surface area contributed by atoms with E-state index in [1.54, 1.807) is 22.8 Å². The summed E-state index contributed by atoms with van der Waals surface area (Å²) in [5.74, 6) is -0.276. The summed E-state index contributed by atoms with van der Waals surface area (Å²) < 4.78 is 7.25. The molecule has 1 heterocycles. The van der Waals surface area contributed by atoms with E-state index < -0.39 is 5.91 Å². The Morgan fingerprint density at radius 1 is 1.29 bits per heavy atom. The molecule has 0 aliphatic rings. The number of carbonyl (C=O) groups excluding carboxylic acids is 1. The summed E-state index contributed by atoms with van der Waals surface area (Å²) in [6.07, 6.45) is 3.63. The van der Waals surface area contributed by atoms with Gasteiger partial charge >= 0.3 is 0 Å². The molecule has 1 aromatic heterocycles. The van der Waals surface area contributed by atoms with Gasteiger partial charge in [-0.1, -0.05) is 0 Å². The van der Waals surface area contributed by atoms with E-state index in [0.29, 0.717) is 17.0 Å². The molecule has 7 nitrogen and oxygen atoms in total. The van der Waals surface area contributed by atoms with Crippen LogP contribution in [0.2, 0.25) is 0 Å². The Morgan fingerprint density at radius 2 is 2.00 bits per heavy atom. The van der Waals surface area contributed by atoms with Gasteiger partial charge in [0.25, 0.3) is 5.91 Å². The van der Waals surface area contributed by atoms with E-state index in [-0.39, 0.29) is 19.2 Å². The van der Waals surface area contributed by atoms with Gasteiger partial charge in [0.05, 0.1) is 12.3 Å². The summed E-state index contributed by atoms with van der Waals surface area (Å²) in [7, 11) is 0. The molecule has 2 rings (SSSR count). The van der Waals surface area contributed by atoms with E-state index in [1.807, 2.05) is 24.5 Å². The quantitative estimate of drug-likeness (QED) is 0.539. The lowest BCUT2D eigenvalue weighted by atomic mass is 10.1. The van der Waals surface area contributed by atoms with Crippen LogP contribution in [-0.4, -0.2) is 34.8 Å². The topological polar surface area (TPSA) is 116 Å². The maximum Gasteiger partial charge on any atom is 0.280 e. The van der Waals surface area contributed by atoms with Gasteiger partial charge in [0.2, 0.25) is 0 Å². The van der Waals surface area contributed by atoms with E-state index >= 15 is 0 Å². The van der Waals surface area contributed by atoms with Crippen molar-refractivity contribution in [1.29, 1.82) is 0 Å². The SMILES string of the molecule is NC(N)=NC(=O)c1ccc(OCCO)c(-n2cccc2)c1. The maximum absolute atomic E-state index is 11.9. The molecule has 0 radical (unpaired) electrons. The number of aliphatic hydroxyl groups is 1. The van der Waals surface area contributed by atoms with Gasteiger partial charge in [-0.2, -0.15) is 4.99 Å². The molecule has 110 valence electrons. The van der Waals surface area contributed by atoms with Gasteiger partial charge in [-0.05, 0) is 30.3 Å². The monoisotopic (exact) mass is 288 g/mol. The van der Waals surface area contributed by atoms with E-state index in [1.165, 1.54) is 0 Å². The minimum atomic E-state index is -0.530. The predicted octanol–water partition coefficient (Wildman–Crippen LogP) is 0.262. The maximum atomic E-state index is 11.9. The molecule has 0 unspecified atom stereocenters. The molecule has 0 atom stereocenters. The molecular weight excluding hydrogens is 272 g/mol. The number of hydrogen-bond acceptors (Lipinski definition) is 3. The summed E-state index contributed by atoms with van der Waals surface area (Å²) in [4.78, 5) is 15.4. The fourth-order valence-corrected chi connectivity index (χ4v) is 1.81. The highest BCUT2D eigenvalue weighted by atomic mass is 16.5. The summed E-state index contributed by atoms with van der Waals surface area (Å²) in [5, 5.41) is 8.86. The Kier molecular flexibility index (Phi) is 4.57. The van der Waals surface area contributed by atoms with Gasteiger partial charge < -0.3 is 25.9 Å². The second kappa shape index (κ2) is 6.58. The highest BCUT2D eigenvalue weighted by Gasteiger charge is 2.11. The minimum absolute atomic E-state index is 0.0974. The zero-order valence-electron chi connectivity index (χ0n) is 11.3. The molecule has 1 amide bonds.